The predicted molar refractivity (Wildman–Crippen MR) is 171 cm³/mol. The molecule has 2 bridgehead atoms. The lowest BCUT2D eigenvalue weighted by Gasteiger charge is -2.43. The van der Waals surface area contributed by atoms with E-state index in [0.717, 1.165) is 43.5 Å². The predicted octanol–water partition coefficient (Wildman–Crippen LogP) is 4.67. The van der Waals surface area contributed by atoms with E-state index in [1.165, 1.54) is 6.42 Å². The number of benzene rings is 1. The van der Waals surface area contributed by atoms with Gasteiger partial charge in [-0.05, 0) is 62.8 Å². The normalized spacial score (nSPS) is 29.8. The molecular formula is C34H47N3O5S. The molecule has 1 spiro atoms. The zero-order chi connectivity index (χ0) is 30.7. The van der Waals surface area contributed by atoms with Gasteiger partial charge in [0.2, 0.25) is 17.7 Å². The average Bonchev–Trinajstić information content (AvgIpc) is 3.61. The first-order valence-corrected chi connectivity index (χ1v) is 16.9. The highest BCUT2D eigenvalue weighted by molar-refractivity contribution is 8.02. The quantitative estimate of drug-likeness (QED) is 0.327. The Morgan fingerprint density at radius 3 is 2.44 bits per heavy atom. The van der Waals surface area contributed by atoms with Crippen LogP contribution in [0.4, 0.5) is 5.69 Å². The number of carbonyl (C=O) groups is 3. The van der Waals surface area contributed by atoms with Crippen molar-refractivity contribution in [2.45, 2.75) is 80.9 Å². The van der Waals surface area contributed by atoms with Crippen molar-refractivity contribution in [2.24, 2.45) is 17.8 Å². The van der Waals surface area contributed by atoms with Crippen molar-refractivity contribution in [2.75, 3.05) is 37.7 Å². The average molecular weight is 610 g/mol. The maximum atomic E-state index is 14.7. The Balaban J connectivity index is 1.52. The van der Waals surface area contributed by atoms with E-state index >= 15 is 0 Å². The minimum atomic E-state index is -0.693. The van der Waals surface area contributed by atoms with Crippen LogP contribution in [0.15, 0.2) is 49.6 Å². The molecule has 234 valence electrons. The smallest absolute Gasteiger partial charge is 0.247 e. The van der Waals surface area contributed by atoms with E-state index in [9.17, 15) is 19.5 Å². The Morgan fingerprint density at radius 1 is 1.12 bits per heavy atom. The molecule has 4 aliphatic rings. The molecule has 1 aliphatic carbocycles. The third-order valence-corrected chi connectivity index (χ3v) is 12.1. The number of aliphatic hydroxyl groups excluding tert-OH is 1. The summed E-state index contributed by atoms with van der Waals surface area (Å²) in [6, 6.07) is 6.92. The summed E-state index contributed by atoms with van der Waals surface area (Å²) >= 11 is 1.70. The maximum Gasteiger partial charge on any atom is 0.247 e. The number of thioether (sulfide) groups is 1. The number of hydrogen-bond acceptors (Lipinski definition) is 6. The largest absolute Gasteiger partial charge is 0.494 e. The monoisotopic (exact) mass is 609 g/mol. The van der Waals surface area contributed by atoms with Crippen LogP contribution in [-0.2, 0) is 14.4 Å². The van der Waals surface area contributed by atoms with Crippen molar-refractivity contribution >= 4 is 35.2 Å². The Labute approximate surface area is 260 Å². The van der Waals surface area contributed by atoms with Gasteiger partial charge in [0.1, 0.15) is 11.8 Å². The molecule has 3 unspecified atom stereocenters. The Hall–Kier alpha value is -2.78. The van der Waals surface area contributed by atoms with Crippen LogP contribution in [-0.4, -0.2) is 87.6 Å². The topological polar surface area (TPSA) is 90.4 Å². The van der Waals surface area contributed by atoms with E-state index in [2.05, 4.69) is 20.1 Å². The van der Waals surface area contributed by atoms with Crippen molar-refractivity contribution in [3.05, 3.63) is 49.6 Å². The highest BCUT2D eigenvalue weighted by Gasteiger charge is 2.76. The summed E-state index contributed by atoms with van der Waals surface area (Å²) in [5.74, 6) is -0.574. The number of ether oxygens (including phenoxy) is 1. The Bertz CT molecular complexity index is 1200. The first kappa shape index (κ1) is 31.6. The van der Waals surface area contributed by atoms with E-state index in [0.29, 0.717) is 32.7 Å². The van der Waals surface area contributed by atoms with Gasteiger partial charge in [-0.15, -0.1) is 24.9 Å². The SMILES string of the molecule is C=CCN(C(=O)[C@@H]1[C@H]2C(=O)N(CCCO)C(C(=O)N(CC=C)C3CCCCC3)C23S[C@@H]1CC3C)c1ccc(OCC)cc1. The van der Waals surface area contributed by atoms with Gasteiger partial charge in [0.25, 0.3) is 0 Å². The first-order chi connectivity index (χ1) is 20.8. The highest BCUT2D eigenvalue weighted by Crippen LogP contribution is 2.69. The highest BCUT2D eigenvalue weighted by atomic mass is 32.2. The summed E-state index contributed by atoms with van der Waals surface area (Å²) in [5, 5.41) is 9.69. The zero-order valence-corrected chi connectivity index (χ0v) is 26.5. The second kappa shape index (κ2) is 13.5. The molecular weight excluding hydrogens is 562 g/mol. The third kappa shape index (κ3) is 5.52. The van der Waals surface area contributed by atoms with Gasteiger partial charge in [-0.1, -0.05) is 38.3 Å². The van der Waals surface area contributed by atoms with Crippen molar-refractivity contribution in [1.82, 2.24) is 9.80 Å². The van der Waals surface area contributed by atoms with Crippen LogP contribution in [0.2, 0.25) is 0 Å². The fourth-order valence-corrected chi connectivity index (χ4v) is 10.6. The molecule has 6 atom stereocenters. The molecule has 8 nitrogen and oxygen atoms in total. The molecule has 3 aliphatic heterocycles. The van der Waals surface area contributed by atoms with Crippen molar-refractivity contribution in [3.8, 4) is 5.75 Å². The van der Waals surface area contributed by atoms with Gasteiger partial charge >= 0.3 is 0 Å². The first-order valence-electron chi connectivity index (χ1n) is 16.0. The minimum absolute atomic E-state index is 0.0249. The number of anilines is 1. The molecule has 1 saturated carbocycles. The van der Waals surface area contributed by atoms with Gasteiger partial charge in [-0.25, -0.2) is 0 Å². The molecule has 43 heavy (non-hydrogen) atoms. The number of carbonyl (C=O) groups excluding carboxylic acids is 3. The van der Waals surface area contributed by atoms with Crippen LogP contribution in [0, 0.1) is 17.8 Å². The number of likely N-dealkylation sites (tertiary alicyclic amines) is 1. The zero-order valence-electron chi connectivity index (χ0n) is 25.7. The molecule has 1 N–H and O–H groups in total. The Kier molecular flexibility index (Phi) is 9.91. The number of amides is 3. The minimum Gasteiger partial charge on any atom is -0.494 e. The van der Waals surface area contributed by atoms with Crippen LogP contribution < -0.4 is 9.64 Å². The summed E-state index contributed by atoms with van der Waals surface area (Å²) in [4.78, 5) is 49.1. The van der Waals surface area contributed by atoms with E-state index in [1.807, 2.05) is 36.1 Å². The number of fused-ring (bicyclic) bond motifs is 1. The van der Waals surface area contributed by atoms with Crippen molar-refractivity contribution < 1.29 is 24.2 Å². The lowest BCUT2D eigenvalue weighted by molar-refractivity contribution is -0.144. The summed E-state index contributed by atoms with van der Waals surface area (Å²) in [5.41, 5.74) is 0.730. The molecule has 3 saturated heterocycles. The van der Waals surface area contributed by atoms with Crippen molar-refractivity contribution in [1.29, 1.82) is 0 Å². The summed E-state index contributed by atoms with van der Waals surface area (Å²) in [6.07, 6.45) is 9.93. The number of hydrogen-bond donors (Lipinski definition) is 1. The number of rotatable bonds is 13. The lowest BCUT2D eigenvalue weighted by Crippen LogP contribution is -2.59. The van der Waals surface area contributed by atoms with Gasteiger partial charge < -0.3 is 24.5 Å². The van der Waals surface area contributed by atoms with Crippen LogP contribution in [0.3, 0.4) is 0 Å². The summed E-state index contributed by atoms with van der Waals surface area (Å²) in [7, 11) is 0. The molecule has 1 aromatic carbocycles. The van der Waals surface area contributed by atoms with Crippen LogP contribution in [0.1, 0.15) is 58.8 Å². The maximum absolute atomic E-state index is 14.7. The molecule has 3 amide bonds. The van der Waals surface area contributed by atoms with Crippen LogP contribution in [0.5, 0.6) is 5.75 Å². The van der Waals surface area contributed by atoms with Crippen LogP contribution >= 0.6 is 11.8 Å². The number of nitrogens with zero attached hydrogens (tertiary/aromatic N) is 3. The Morgan fingerprint density at radius 2 is 1.81 bits per heavy atom. The molecule has 1 aromatic rings. The van der Waals surface area contributed by atoms with E-state index in [1.54, 1.807) is 33.7 Å². The molecule has 5 rings (SSSR count). The fraction of sp³-hybridized carbons (Fsp3) is 0.618. The lowest BCUT2D eigenvalue weighted by atomic mass is 9.65. The second-order valence-corrected chi connectivity index (χ2v) is 13.9. The second-order valence-electron chi connectivity index (χ2n) is 12.4. The molecule has 0 radical (unpaired) electrons. The van der Waals surface area contributed by atoms with Gasteiger partial charge in [0, 0.05) is 43.2 Å². The van der Waals surface area contributed by atoms with Gasteiger partial charge in [0.15, 0.2) is 0 Å². The van der Waals surface area contributed by atoms with Crippen molar-refractivity contribution in [3.63, 3.8) is 0 Å². The summed E-state index contributed by atoms with van der Waals surface area (Å²) in [6.45, 7) is 13.5. The van der Waals surface area contributed by atoms with Gasteiger partial charge in [-0.2, -0.15) is 0 Å². The molecule has 3 heterocycles. The summed E-state index contributed by atoms with van der Waals surface area (Å²) < 4.78 is 4.91. The third-order valence-electron chi connectivity index (χ3n) is 9.98. The van der Waals surface area contributed by atoms with Gasteiger partial charge in [0.05, 0.1) is 23.2 Å². The van der Waals surface area contributed by atoms with Gasteiger partial charge in [-0.3, -0.25) is 14.4 Å². The molecule has 0 aromatic heterocycles. The number of aliphatic hydroxyl groups is 1. The van der Waals surface area contributed by atoms with E-state index < -0.39 is 22.6 Å². The van der Waals surface area contributed by atoms with E-state index in [4.69, 9.17) is 4.74 Å². The fourth-order valence-electron chi connectivity index (χ4n) is 8.19. The molecule has 4 fully saturated rings. The molecule has 9 heteroatoms. The standard InChI is InChI=1S/C34H47N3O5S/c1-5-18-35(25-14-16-26(17-15-25)42-7-3)31(39)28-27-22-23(4)34(43-27)29(28)32(40)37(20-11-21-38)30(34)33(41)36(19-6-2)24-12-9-8-10-13-24/h5-6,14-17,23-24,27-30,38H,1-2,7-13,18-22H2,3-4H3/t23?,27-,28+,29+,30?,34?/m1/s1. The van der Waals surface area contributed by atoms with E-state index in [-0.39, 0.29) is 41.5 Å². The van der Waals surface area contributed by atoms with Crippen LogP contribution in [0.25, 0.3) is 0 Å².